The molecule has 0 fully saturated rings. The second-order valence-corrected chi connectivity index (χ2v) is 16.9. The summed E-state index contributed by atoms with van der Waals surface area (Å²) in [6.07, 6.45) is 1.61. The van der Waals surface area contributed by atoms with E-state index in [9.17, 15) is 19.8 Å². The van der Waals surface area contributed by atoms with E-state index in [2.05, 4.69) is 61.1 Å². The third-order valence-electron chi connectivity index (χ3n) is 10.4. The first-order valence-electron chi connectivity index (χ1n) is 18.2. The van der Waals surface area contributed by atoms with Crippen LogP contribution in [0.4, 0.5) is 0 Å². The maximum absolute atomic E-state index is 11.6. The van der Waals surface area contributed by atoms with E-state index in [1.165, 1.54) is 11.4 Å². The van der Waals surface area contributed by atoms with Gasteiger partial charge in [-0.25, -0.2) is 0 Å². The summed E-state index contributed by atoms with van der Waals surface area (Å²) in [6.45, 7) is 10.5. The number of carbonyl (C=O) groups is 2. The number of halogens is 2. The third-order valence-corrected chi connectivity index (χ3v) is 10.9. The Labute approximate surface area is 370 Å². The van der Waals surface area contributed by atoms with Gasteiger partial charge in [-0.1, -0.05) is 136 Å². The smallest absolute Gasteiger partial charge is 0.550 e. The van der Waals surface area contributed by atoms with Gasteiger partial charge in [0.1, 0.15) is 0 Å². The SMILES string of the molecule is CC1(C)Cc2c(-c3ccccc3)c(-c3ccc(Cl)cc3)c(CC(=O)[O-])n2C1.CC1(C)Cc2c(-c3ccccc3)c(-c3ccc(Cl)cc3)c(CC(=O)[O-])n2C1.[Sr+2]. The third kappa shape index (κ3) is 8.73. The van der Waals surface area contributed by atoms with Crippen LogP contribution in [0.1, 0.15) is 50.5 Å². The Kier molecular flexibility index (Phi) is 12.3. The van der Waals surface area contributed by atoms with Gasteiger partial charge in [-0.3, -0.25) is 0 Å². The molecule has 0 spiro atoms. The standard InChI is InChI=1S/2C23H22ClNO2.Sr/c2*1-23(2)13-19-22(15-6-4-3-5-7-15)21(16-8-10-17(24)11-9-16)18(12-20(26)27)25(19)14-23;/h2*3-11H,12-14H2,1-2H3,(H,26,27);/q;;+2/p-2. The Morgan fingerprint density at radius 1 is 0.527 bits per heavy atom. The van der Waals surface area contributed by atoms with E-state index in [-0.39, 0.29) is 69.2 Å². The van der Waals surface area contributed by atoms with Crippen LogP contribution in [0.3, 0.4) is 0 Å². The number of nitrogens with zero attached hydrogens (tertiary/aromatic N) is 2. The van der Waals surface area contributed by atoms with Gasteiger partial charge < -0.3 is 28.9 Å². The van der Waals surface area contributed by atoms with Gasteiger partial charge in [0.25, 0.3) is 0 Å². The molecular weight excluding hydrogens is 803 g/mol. The zero-order valence-corrected chi connectivity index (χ0v) is 36.6. The molecule has 276 valence electrons. The first-order chi connectivity index (χ1) is 25.7. The Balaban J connectivity index is 0.000000184. The Morgan fingerprint density at radius 2 is 0.836 bits per heavy atom. The van der Waals surface area contributed by atoms with Crippen molar-refractivity contribution >= 4 is 80.6 Å². The normalized spacial score (nSPS) is 14.7. The molecule has 2 aromatic heterocycles. The number of carbonyl (C=O) groups excluding carboxylic acids is 2. The number of carboxylic acid groups (broad SMARTS) is 2. The molecule has 0 atom stereocenters. The molecule has 0 bridgehead atoms. The topological polar surface area (TPSA) is 90.1 Å². The minimum atomic E-state index is -1.06. The molecule has 6 nitrogen and oxygen atoms in total. The Hall–Kier alpha value is -3.56. The van der Waals surface area contributed by atoms with Crippen LogP contribution in [0, 0.1) is 10.8 Å². The minimum absolute atomic E-state index is 0. The number of hydrogen-bond donors (Lipinski definition) is 0. The molecule has 2 aliphatic heterocycles. The first kappa shape index (κ1) is 41.1. The van der Waals surface area contributed by atoms with Crippen molar-refractivity contribution in [3.05, 3.63) is 142 Å². The number of rotatable bonds is 8. The van der Waals surface area contributed by atoms with Crippen molar-refractivity contribution in [1.82, 2.24) is 9.13 Å². The zero-order chi connectivity index (χ0) is 38.4. The number of aromatic nitrogens is 2. The second kappa shape index (κ2) is 16.5. The molecule has 6 aromatic rings. The average molecular weight is 845 g/mol. The predicted octanol–water partition coefficient (Wildman–Crippen LogP) is 8.32. The molecule has 0 aliphatic carbocycles. The van der Waals surface area contributed by atoms with Gasteiger partial charge >= 0.3 is 45.5 Å². The molecule has 0 radical (unpaired) electrons. The van der Waals surface area contributed by atoms with Crippen LogP contribution in [0.15, 0.2) is 109 Å². The largest absolute Gasteiger partial charge is 2.00 e. The van der Waals surface area contributed by atoms with E-state index >= 15 is 0 Å². The fourth-order valence-electron chi connectivity index (χ4n) is 8.39. The maximum Gasteiger partial charge on any atom is 2.00 e. The number of fused-ring (bicyclic) bond motifs is 2. The second-order valence-electron chi connectivity index (χ2n) is 16.0. The summed E-state index contributed by atoms with van der Waals surface area (Å²) in [5.41, 5.74) is 12.6. The van der Waals surface area contributed by atoms with Gasteiger partial charge in [-0.05, 0) is 70.2 Å². The van der Waals surface area contributed by atoms with E-state index in [1.54, 1.807) is 0 Å². The summed E-state index contributed by atoms with van der Waals surface area (Å²) in [5, 5.41) is 24.5. The van der Waals surface area contributed by atoms with Crippen molar-refractivity contribution in [2.24, 2.45) is 10.8 Å². The predicted molar refractivity (Wildman–Crippen MR) is 219 cm³/mol. The maximum atomic E-state index is 11.6. The molecule has 0 unspecified atom stereocenters. The Bertz CT molecular complexity index is 2180. The van der Waals surface area contributed by atoms with E-state index in [1.807, 2.05) is 84.9 Å². The van der Waals surface area contributed by atoms with Gasteiger partial charge in [0.05, 0.1) is 0 Å². The van der Waals surface area contributed by atoms with Crippen LogP contribution in [-0.2, 0) is 48.4 Å². The fourth-order valence-corrected chi connectivity index (χ4v) is 8.65. The van der Waals surface area contributed by atoms with E-state index in [0.29, 0.717) is 10.0 Å². The molecule has 0 saturated heterocycles. The number of hydrogen-bond acceptors (Lipinski definition) is 4. The number of aliphatic carboxylic acids is 2. The summed E-state index contributed by atoms with van der Waals surface area (Å²) >= 11 is 12.2. The molecule has 0 amide bonds. The number of benzene rings is 4. The van der Waals surface area contributed by atoms with Crippen molar-refractivity contribution < 1.29 is 19.8 Å². The van der Waals surface area contributed by atoms with Gasteiger partial charge in [-0.15, -0.1) is 0 Å². The van der Waals surface area contributed by atoms with Crippen molar-refractivity contribution in [3.63, 3.8) is 0 Å². The van der Waals surface area contributed by atoms with Crippen molar-refractivity contribution in [2.45, 2.75) is 66.5 Å². The van der Waals surface area contributed by atoms with Crippen molar-refractivity contribution in [3.8, 4) is 44.5 Å². The molecule has 0 N–H and O–H groups in total. The Morgan fingerprint density at radius 3 is 1.15 bits per heavy atom. The van der Waals surface area contributed by atoms with Gasteiger partial charge in [-0.2, -0.15) is 0 Å². The fraction of sp³-hybridized carbons (Fsp3) is 0.261. The molecule has 55 heavy (non-hydrogen) atoms. The molecule has 0 saturated carbocycles. The van der Waals surface area contributed by atoms with Crippen LogP contribution in [-0.4, -0.2) is 66.6 Å². The van der Waals surface area contributed by atoms with Crippen LogP contribution < -0.4 is 10.2 Å². The van der Waals surface area contributed by atoms with Crippen molar-refractivity contribution in [1.29, 1.82) is 0 Å². The quantitative estimate of drug-likeness (QED) is 0.144. The summed E-state index contributed by atoms with van der Waals surface area (Å²) in [4.78, 5) is 23.1. The monoisotopic (exact) mass is 844 g/mol. The first-order valence-corrected chi connectivity index (χ1v) is 19.0. The summed E-state index contributed by atoms with van der Waals surface area (Å²) in [5.74, 6) is -2.12. The van der Waals surface area contributed by atoms with Crippen LogP contribution in [0.2, 0.25) is 10.0 Å². The molecular formula is C46H42Cl2N2O4Sr. The zero-order valence-electron chi connectivity index (χ0n) is 31.6. The molecule has 4 aromatic carbocycles. The molecule has 8 rings (SSSR count). The summed E-state index contributed by atoms with van der Waals surface area (Å²) < 4.78 is 4.39. The van der Waals surface area contributed by atoms with Gasteiger partial charge in [0.15, 0.2) is 0 Å². The molecule has 9 heteroatoms. The van der Waals surface area contributed by atoms with E-state index in [0.717, 1.165) is 81.8 Å². The summed E-state index contributed by atoms with van der Waals surface area (Å²) in [7, 11) is 0. The van der Waals surface area contributed by atoms with Gasteiger partial charge in [0.2, 0.25) is 0 Å². The van der Waals surface area contributed by atoms with Gasteiger partial charge in [0, 0.05) is 92.9 Å². The van der Waals surface area contributed by atoms with E-state index in [4.69, 9.17) is 23.2 Å². The minimum Gasteiger partial charge on any atom is -0.550 e. The van der Waals surface area contributed by atoms with Crippen LogP contribution in [0.5, 0.6) is 0 Å². The molecule has 4 heterocycles. The summed E-state index contributed by atoms with van der Waals surface area (Å²) in [6, 6.07) is 35.6. The molecule has 2 aliphatic rings. The van der Waals surface area contributed by atoms with Crippen LogP contribution >= 0.6 is 23.2 Å². The number of carboxylic acids is 2. The average Bonchev–Trinajstić information content (AvgIpc) is 3.79. The van der Waals surface area contributed by atoms with Crippen molar-refractivity contribution in [2.75, 3.05) is 0 Å². The van der Waals surface area contributed by atoms with Crippen LogP contribution in [0.25, 0.3) is 44.5 Å². The van der Waals surface area contributed by atoms with E-state index < -0.39 is 11.9 Å².